The number of esters is 1. The number of carbonyl (C=O) groups excluding carboxylic acids is 1. The van der Waals surface area contributed by atoms with Crippen LogP contribution in [0.3, 0.4) is 0 Å². The van der Waals surface area contributed by atoms with E-state index in [-0.39, 0.29) is 17.2 Å². The van der Waals surface area contributed by atoms with Crippen LogP contribution >= 0.6 is 11.6 Å². The predicted molar refractivity (Wildman–Crippen MR) is 85.5 cm³/mol. The van der Waals surface area contributed by atoms with Crippen LogP contribution in [0.25, 0.3) is 11.3 Å². The fourth-order valence-electron chi connectivity index (χ4n) is 2.15. The quantitative estimate of drug-likeness (QED) is 0.586. The monoisotopic (exact) mass is 392 g/mol. The van der Waals surface area contributed by atoms with Gasteiger partial charge in [-0.25, -0.2) is 9.18 Å². The molecular formula is C16H13ClF4N2O3. The zero-order chi connectivity index (χ0) is 19.6. The standard InChI is InChI=1S/C16H13ClF4N2O3/c1-3-4-26-15(25)8-5-9(11(18)6-10(8)17)14-12(24)7-13(16(19,20)21)23(2)22-14/h5-7H,3-4H2,1-2H3. The van der Waals surface area contributed by atoms with Crippen LogP contribution in [0.5, 0.6) is 0 Å². The van der Waals surface area contributed by atoms with Gasteiger partial charge in [-0.2, -0.15) is 18.3 Å². The number of aryl methyl sites for hydroxylation is 1. The zero-order valence-corrected chi connectivity index (χ0v) is 14.4. The smallest absolute Gasteiger partial charge is 0.433 e. The Hall–Kier alpha value is -2.42. The van der Waals surface area contributed by atoms with Crippen LogP contribution < -0.4 is 5.43 Å². The molecule has 0 aliphatic rings. The lowest BCUT2D eigenvalue weighted by molar-refractivity contribution is -0.144. The van der Waals surface area contributed by atoms with Crippen LogP contribution in [0.1, 0.15) is 29.4 Å². The minimum Gasteiger partial charge on any atom is -0.462 e. The number of benzene rings is 1. The van der Waals surface area contributed by atoms with E-state index in [1.807, 2.05) is 0 Å². The third kappa shape index (κ3) is 4.04. The van der Waals surface area contributed by atoms with Crippen molar-refractivity contribution >= 4 is 17.6 Å². The Balaban J connectivity index is 2.61. The van der Waals surface area contributed by atoms with Gasteiger partial charge in [-0.15, -0.1) is 0 Å². The van der Waals surface area contributed by atoms with E-state index >= 15 is 0 Å². The number of nitrogens with zero attached hydrogens (tertiary/aromatic N) is 2. The van der Waals surface area contributed by atoms with Crippen LogP contribution in [0.4, 0.5) is 17.6 Å². The molecule has 0 radical (unpaired) electrons. The first-order valence-electron chi connectivity index (χ1n) is 7.38. The summed E-state index contributed by atoms with van der Waals surface area (Å²) in [6.45, 7) is 1.86. The molecule has 1 aromatic heterocycles. The second-order valence-corrected chi connectivity index (χ2v) is 5.72. The highest BCUT2D eigenvalue weighted by molar-refractivity contribution is 6.33. The molecule has 0 amide bonds. The molecule has 0 spiro atoms. The number of ether oxygens (including phenoxy) is 1. The molecule has 2 rings (SSSR count). The molecule has 5 nitrogen and oxygen atoms in total. The second kappa shape index (κ2) is 7.45. The summed E-state index contributed by atoms with van der Waals surface area (Å²) >= 11 is 5.83. The van der Waals surface area contributed by atoms with E-state index in [9.17, 15) is 27.2 Å². The highest BCUT2D eigenvalue weighted by atomic mass is 35.5. The number of hydrogen-bond donors (Lipinski definition) is 0. The molecule has 0 bridgehead atoms. The third-order valence-corrected chi connectivity index (χ3v) is 3.67. The average molecular weight is 393 g/mol. The molecule has 26 heavy (non-hydrogen) atoms. The van der Waals surface area contributed by atoms with Gasteiger partial charge in [0.2, 0.25) is 5.43 Å². The van der Waals surface area contributed by atoms with E-state index in [0.29, 0.717) is 17.2 Å². The van der Waals surface area contributed by atoms with E-state index in [4.69, 9.17) is 16.3 Å². The van der Waals surface area contributed by atoms with E-state index in [1.165, 1.54) is 0 Å². The van der Waals surface area contributed by atoms with Gasteiger partial charge in [0.05, 0.1) is 17.2 Å². The summed E-state index contributed by atoms with van der Waals surface area (Å²) < 4.78 is 58.0. The largest absolute Gasteiger partial charge is 0.462 e. The number of hydrogen-bond acceptors (Lipinski definition) is 4. The van der Waals surface area contributed by atoms with Crippen molar-refractivity contribution in [2.75, 3.05) is 6.61 Å². The molecule has 0 fully saturated rings. The van der Waals surface area contributed by atoms with Crippen molar-refractivity contribution in [3.05, 3.63) is 50.5 Å². The number of alkyl halides is 3. The first kappa shape index (κ1) is 19.9. The van der Waals surface area contributed by atoms with Crippen molar-refractivity contribution in [2.45, 2.75) is 19.5 Å². The molecule has 140 valence electrons. The molecule has 10 heteroatoms. The molecule has 0 saturated heterocycles. The van der Waals surface area contributed by atoms with E-state index in [0.717, 1.165) is 19.2 Å². The lowest BCUT2D eigenvalue weighted by Gasteiger charge is -2.13. The van der Waals surface area contributed by atoms with Crippen LogP contribution in [-0.4, -0.2) is 22.4 Å². The SMILES string of the molecule is CCCOC(=O)c1cc(-c2nn(C)c(C(F)(F)F)cc2=O)c(F)cc1Cl. The summed E-state index contributed by atoms with van der Waals surface area (Å²) in [5.41, 5.74) is -3.70. The minimum atomic E-state index is -4.80. The van der Waals surface area contributed by atoms with Gasteiger partial charge in [0.1, 0.15) is 17.2 Å². The molecule has 1 aromatic carbocycles. The molecule has 2 aromatic rings. The van der Waals surface area contributed by atoms with Crippen LogP contribution in [0, 0.1) is 5.82 Å². The number of halogens is 5. The van der Waals surface area contributed by atoms with Crippen molar-refractivity contribution in [3.8, 4) is 11.3 Å². The van der Waals surface area contributed by atoms with Gasteiger partial charge in [0.15, 0.2) is 0 Å². The average Bonchev–Trinajstić information content (AvgIpc) is 2.53. The Bertz CT molecular complexity index is 910. The summed E-state index contributed by atoms with van der Waals surface area (Å²) in [6, 6.07) is 2.02. The second-order valence-electron chi connectivity index (χ2n) is 5.31. The fraction of sp³-hybridized carbons (Fsp3) is 0.312. The van der Waals surface area contributed by atoms with Crippen LogP contribution in [0.15, 0.2) is 23.0 Å². The first-order chi connectivity index (χ1) is 12.1. The number of rotatable bonds is 4. The fourth-order valence-corrected chi connectivity index (χ4v) is 2.38. The number of aromatic nitrogens is 2. The third-order valence-electron chi connectivity index (χ3n) is 3.36. The van der Waals surface area contributed by atoms with E-state index in [2.05, 4.69) is 5.10 Å². The van der Waals surface area contributed by atoms with Gasteiger partial charge in [-0.05, 0) is 18.6 Å². The summed E-state index contributed by atoms with van der Waals surface area (Å²) in [4.78, 5) is 24.0. The highest BCUT2D eigenvalue weighted by Crippen LogP contribution is 2.30. The van der Waals surface area contributed by atoms with Gasteiger partial charge in [0.25, 0.3) is 0 Å². The molecule has 0 atom stereocenters. The molecule has 0 saturated carbocycles. The van der Waals surface area contributed by atoms with E-state index < -0.39 is 40.3 Å². The maximum atomic E-state index is 14.2. The zero-order valence-electron chi connectivity index (χ0n) is 13.7. The molecule has 1 heterocycles. The van der Waals surface area contributed by atoms with Crippen molar-refractivity contribution in [3.63, 3.8) is 0 Å². The molecule has 0 N–H and O–H groups in total. The molecule has 0 aliphatic heterocycles. The Kier molecular flexibility index (Phi) is 5.70. The minimum absolute atomic E-state index is 0.0994. The Morgan fingerprint density at radius 2 is 1.96 bits per heavy atom. The van der Waals surface area contributed by atoms with E-state index in [1.54, 1.807) is 6.92 Å². The van der Waals surface area contributed by atoms with Crippen molar-refractivity contribution in [1.82, 2.24) is 9.78 Å². The van der Waals surface area contributed by atoms with Crippen molar-refractivity contribution in [2.24, 2.45) is 7.05 Å². The van der Waals surface area contributed by atoms with Gasteiger partial charge >= 0.3 is 12.1 Å². The maximum absolute atomic E-state index is 14.2. The van der Waals surface area contributed by atoms with Gasteiger partial charge < -0.3 is 4.74 Å². The summed E-state index contributed by atoms with van der Waals surface area (Å²) in [5, 5.41) is 3.26. The van der Waals surface area contributed by atoms with Gasteiger partial charge in [-0.3, -0.25) is 9.48 Å². The van der Waals surface area contributed by atoms with Crippen molar-refractivity contribution in [1.29, 1.82) is 0 Å². The number of carbonyl (C=O) groups is 1. The normalized spacial score (nSPS) is 11.5. The van der Waals surface area contributed by atoms with Gasteiger partial charge in [-0.1, -0.05) is 18.5 Å². The van der Waals surface area contributed by atoms with Crippen LogP contribution in [-0.2, 0) is 18.0 Å². The summed E-state index contributed by atoms with van der Waals surface area (Å²) in [6.07, 6.45) is -4.26. The summed E-state index contributed by atoms with van der Waals surface area (Å²) in [5.74, 6) is -1.85. The maximum Gasteiger partial charge on any atom is 0.433 e. The summed E-state index contributed by atoms with van der Waals surface area (Å²) in [7, 11) is 0.968. The van der Waals surface area contributed by atoms with Crippen molar-refractivity contribution < 1.29 is 27.1 Å². The Labute approximate surface area is 150 Å². The first-order valence-corrected chi connectivity index (χ1v) is 7.76. The molecular weight excluding hydrogens is 380 g/mol. The lowest BCUT2D eigenvalue weighted by Crippen LogP contribution is -2.23. The molecule has 0 aliphatic carbocycles. The molecule has 0 unspecified atom stereocenters. The van der Waals surface area contributed by atoms with Crippen LogP contribution in [0.2, 0.25) is 5.02 Å². The Morgan fingerprint density at radius 3 is 2.54 bits per heavy atom. The lowest BCUT2D eigenvalue weighted by atomic mass is 10.1. The van der Waals surface area contributed by atoms with Gasteiger partial charge in [0, 0.05) is 18.7 Å². The highest BCUT2D eigenvalue weighted by Gasteiger charge is 2.35. The predicted octanol–water partition coefficient (Wildman–Crippen LogP) is 3.83. The Morgan fingerprint density at radius 1 is 1.31 bits per heavy atom. The topological polar surface area (TPSA) is 61.2 Å².